The Morgan fingerprint density at radius 1 is 1.57 bits per heavy atom. The number of nitrogens with one attached hydrogen (secondary N) is 2. The van der Waals surface area contributed by atoms with Gasteiger partial charge in [-0.1, -0.05) is 13.8 Å². The Labute approximate surface area is 85.6 Å². The Morgan fingerprint density at radius 3 is 2.71 bits per heavy atom. The molecule has 1 saturated heterocycles. The van der Waals surface area contributed by atoms with Gasteiger partial charge in [-0.2, -0.15) is 8.42 Å². The zero-order valence-electron chi connectivity index (χ0n) is 8.71. The van der Waals surface area contributed by atoms with E-state index in [1.807, 2.05) is 0 Å². The highest BCUT2D eigenvalue weighted by Crippen LogP contribution is 2.29. The van der Waals surface area contributed by atoms with Crippen molar-refractivity contribution in [2.24, 2.45) is 10.6 Å². The average Bonchev–Trinajstić information content (AvgIpc) is 2.00. The SMILES string of the molecule is CC1(C)CCCNC1CNS(N)(=O)=O. The van der Waals surface area contributed by atoms with Crippen LogP contribution in [0.1, 0.15) is 26.7 Å². The molecular weight excluding hydrogens is 202 g/mol. The molecule has 1 rings (SSSR count). The lowest BCUT2D eigenvalue weighted by molar-refractivity contribution is 0.182. The van der Waals surface area contributed by atoms with Gasteiger partial charge in [0.15, 0.2) is 0 Å². The molecule has 0 saturated carbocycles. The van der Waals surface area contributed by atoms with Crippen LogP contribution < -0.4 is 15.2 Å². The fourth-order valence-corrected chi connectivity index (χ4v) is 2.22. The third-order valence-corrected chi connectivity index (χ3v) is 3.39. The normalized spacial score (nSPS) is 27.5. The summed E-state index contributed by atoms with van der Waals surface area (Å²) in [5.41, 5.74) is 0.121. The maximum absolute atomic E-state index is 10.7. The van der Waals surface area contributed by atoms with Gasteiger partial charge >= 0.3 is 0 Å². The van der Waals surface area contributed by atoms with Crippen LogP contribution in [0.25, 0.3) is 0 Å². The Bertz CT molecular complexity index is 287. The summed E-state index contributed by atoms with van der Waals surface area (Å²) in [6.45, 7) is 5.58. The van der Waals surface area contributed by atoms with E-state index < -0.39 is 10.2 Å². The first-order valence-corrected chi connectivity index (χ1v) is 6.37. The molecule has 4 N–H and O–H groups in total. The molecule has 0 bridgehead atoms. The average molecular weight is 221 g/mol. The minimum Gasteiger partial charge on any atom is -0.312 e. The van der Waals surface area contributed by atoms with Gasteiger partial charge < -0.3 is 5.32 Å². The highest BCUT2D eigenvalue weighted by molar-refractivity contribution is 7.87. The van der Waals surface area contributed by atoms with Crippen molar-refractivity contribution in [1.29, 1.82) is 0 Å². The lowest BCUT2D eigenvalue weighted by atomic mass is 9.78. The van der Waals surface area contributed by atoms with E-state index in [-0.39, 0.29) is 11.5 Å². The van der Waals surface area contributed by atoms with Gasteiger partial charge in [-0.3, -0.25) is 0 Å². The second kappa shape index (κ2) is 4.14. The zero-order chi connectivity index (χ0) is 10.8. The number of piperidine rings is 1. The molecule has 1 unspecified atom stereocenters. The van der Waals surface area contributed by atoms with E-state index in [2.05, 4.69) is 23.9 Å². The second-order valence-electron chi connectivity index (χ2n) is 4.49. The van der Waals surface area contributed by atoms with Gasteiger partial charge in [0.05, 0.1) is 0 Å². The summed E-state index contributed by atoms with van der Waals surface area (Å²) in [7, 11) is -3.56. The summed E-state index contributed by atoms with van der Waals surface area (Å²) in [4.78, 5) is 0. The summed E-state index contributed by atoms with van der Waals surface area (Å²) >= 11 is 0. The quantitative estimate of drug-likeness (QED) is 0.604. The van der Waals surface area contributed by atoms with Gasteiger partial charge in [0.1, 0.15) is 0 Å². The summed E-state index contributed by atoms with van der Waals surface area (Å²) in [6.07, 6.45) is 2.25. The molecule has 0 aromatic heterocycles. The molecule has 14 heavy (non-hydrogen) atoms. The largest absolute Gasteiger partial charge is 0.312 e. The molecule has 0 aromatic carbocycles. The molecule has 5 nitrogen and oxygen atoms in total. The number of hydrogen-bond donors (Lipinski definition) is 3. The fourth-order valence-electron chi connectivity index (χ4n) is 1.82. The van der Waals surface area contributed by atoms with Gasteiger partial charge in [-0.15, -0.1) is 0 Å². The lowest BCUT2D eigenvalue weighted by Gasteiger charge is -2.39. The van der Waals surface area contributed by atoms with E-state index >= 15 is 0 Å². The summed E-state index contributed by atoms with van der Waals surface area (Å²) < 4.78 is 23.8. The highest BCUT2D eigenvalue weighted by Gasteiger charge is 2.32. The van der Waals surface area contributed by atoms with Gasteiger partial charge in [-0.05, 0) is 24.8 Å². The van der Waals surface area contributed by atoms with Gasteiger partial charge in [0.2, 0.25) is 0 Å². The maximum atomic E-state index is 10.7. The van der Waals surface area contributed by atoms with E-state index in [9.17, 15) is 8.42 Å². The monoisotopic (exact) mass is 221 g/mol. The van der Waals surface area contributed by atoms with Gasteiger partial charge in [0.25, 0.3) is 10.2 Å². The fraction of sp³-hybridized carbons (Fsp3) is 1.00. The molecule has 0 radical (unpaired) electrons. The highest BCUT2D eigenvalue weighted by atomic mass is 32.2. The first-order chi connectivity index (χ1) is 6.31. The minimum absolute atomic E-state index is 0.121. The van der Waals surface area contributed by atoms with Crippen molar-refractivity contribution in [3.63, 3.8) is 0 Å². The van der Waals surface area contributed by atoms with Crippen LogP contribution in [0, 0.1) is 5.41 Å². The van der Waals surface area contributed by atoms with Crippen molar-refractivity contribution < 1.29 is 8.42 Å². The van der Waals surface area contributed by atoms with Crippen LogP contribution in [0.3, 0.4) is 0 Å². The summed E-state index contributed by atoms with van der Waals surface area (Å²) in [5, 5.41) is 8.17. The lowest BCUT2D eigenvalue weighted by Crippen LogP contribution is -2.53. The molecule has 1 heterocycles. The number of nitrogens with two attached hydrogens (primary N) is 1. The summed E-state index contributed by atoms with van der Waals surface area (Å²) in [6, 6.07) is 0.162. The van der Waals surface area contributed by atoms with Crippen molar-refractivity contribution >= 4 is 10.2 Å². The van der Waals surface area contributed by atoms with Crippen LogP contribution in [-0.2, 0) is 10.2 Å². The molecular formula is C8H19N3O2S. The topological polar surface area (TPSA) is 84.2 Å². The van der Waals surface area contributed by atoms with E-state index in [1.54, 1.807) is 0 Å². The molecule has 84 valence electrons. The Morgan fingerprint density at radius 2 is 2.21 bits per heavy atom. The predicted octanol–water partition coefficient (Wildman–Crippen LogP) is -0.442. The van der Waals surface area contributed by atoms with Crippen LogP contribution in [0.5, 0.6) is 0 Å². The van der Waals surface area contributed by atoms with Gasteiger partial charge in [0, 0.05) is 12.6 Å². The summed E-state index contributed by atoms with van der Waals surface area (Å²) in [5.74, 6) is 0. The van der Waals surface area contributed by atoms with E-state index in [4.69, 9.17) is 5.14 Å². The third-order valence-electron chi connectivity index (χ3n) is 2.82. The molecule has 1 aliphatic heterocycles. The van der Waals surface area contributed by atoms with Gasteiger partial charge in [-0.25, -0.2) is 9.86 Å². The molecule has 0 aromatic rings. The maximum Gasteiger partial charge on any atom is 0.274 e. The second-order valence-corrected chi connectivity index (χ2v) is 5.87. The Kier molecular flexibility index (Phi) is 3.52. The Hall–Kier alpha value is -0.170. The molecule has 6 heteroatoms. The predicted molar refractivity (Wildman–Crippen MR) is 55.9 cm³/mol. The molecule has 0 aliphatic carbocycles. The van der Waals surface area contributed by atoms with E-state index in [0.29, 0.717) is 6.54 Å². The van der Waals surface area contributed by atoms with Crippen LogP contribution >= 0.6 is 0 Å². The Balaban J connectivity index is 2.50. The van der Waals surface area contributed by atoms with Crippen molar-refractivity contribution in [2.75, 3.05) is 13.1 Å². The van der Waals surface area contributed by atoms with Crippen molar-refractivity contribution in [3.05, 3.63) is 0 Å². The van der Waals surface area contributed by atoms with Crippen molar-refractivity contribution in [3.8, 4) is 0 Å². The van der Waals surface area contributed by atoms with E-state index in [1.165, 1.54) is 0 Å². The van der Waals surface area contributed by atoms with Crippen LogP contribution in [0.4, 0.5) is 0 Å². The molecule has 1 aliphatic rings. The standard InChI is InChI=1S/C8H19N3O2S/c1-8(2)4-3-5-10-7(8)6-11-14(9,12)13/h7,10-11H,3-6H2,1-2H3,(H2,9,12,13). The third kappa shape index (κ3) is 3.53. The van der Waals surface area contributed by atoms with E-state index in [0.717, 1.165) is 19.4 Å². The molecule has 0 spiro atoms. The molecule has 0 amide bonds. The van der Waals surface area contributed by atoms with Crippen LogP contribution in [0.2, 0.25) is 0 Å². The smallest absolute Gasteiger partial charge is 0.274 e. The number of hydrogen-bond acceptors (Lipinski definition) is 3. The van der Waals surface area contributed by atoms with Crippen molar-refractivity contribution in [1.82, 2.24) is 10.0 Å². The zero-order valence-corrected chi connectivity index (χ0v) is 9.52. The first kappa shape index (κ1) is 11.9. The first-order valence-electron chi connectivity index (χ1n) is 4.82. The number of rotatable bonds is 3. The molecule has 1 atom stereocenters. The van der Waals surface area contributed by atoms with Crippen LogP contribution in [-0.4, -0.2) is 27.5 Å². The van der Waals surface area contributed by atoms with Crippen LogP contribution in [0.15, 0.2) is 0 Å². The van der Waals surface area contributed by atoms with Crippen molar-refractivity contribution in [2.45, 2.75) is 32.7 Å². The minimum atomic E-state index is -3.56. The molecule has 1 fully saturated rings.